The van der Waals surface area contributed by atoms with E-state index in [9.17, 15) is 9.59 Å². The minimum Gasteiger partial charge on any atom is -0.469 e. The molecule has 1 aliphatic carbocycles. The van der Waals surface area contributed by atoms with Crippen molar-refractivity contribution < 1.29 is 14.3 Å². The van der Waals surface area contributed by atoms with Gasteiger partial charge in [0.2, 0.25) is 0 Å². The van der Waals surface area contributed by atoms with E-state index in [2.05, 4.69) is 12.0 Å². The van der Waals surface area contributed by atoms with Gasteiger partial charge in [0.05, 0.1) is 18.5 Å². The first-order valence-electron chi connectivity index (χ1n) is 9.83. The molecule has 1 aromatic heterocycles. The highest BCUT2D eigenvalue weighted by Crippen LogP contribution is 2.35. The fraction of sp³-hybridized carbons (Fsp3) is 0.500. The van der Waals surface area contributed by atoms with Crippen LogP contribution in [0.2, 0.25) is 0 Å². The summed E-state index contributed by atoms with van der Waals surface area (Å²) in [6.45, 7) is 6.06. The van der Waals surface area contributed by atoms with Crippen LogP contribution in [0.25, 0.3) is 5.69 Å². The second kappa shape index (κ2) is 8.17. The van der Waals surface area contributed by atoms with Crippen molar-refractivity contribution in [2.75, 3.05) is 14.2 Å². The minimum absolute atomic E-state index is 0.0538. The lowest BCUT2D eigenvalue weighted by Crippen LogP contribution is -2.36. The van der Waals surface area contributed by atoms with E-state index < -0.39 is 0 Å². The van der Waals surface area contributed by atoms with E-state index >= 15 is 0 Å². The number of carbonyl (C=O) groups excluding carboxylic acids is 2. The Balaban J connectivity index is 1.76. The Labute approximate surface area is 166 Å². The molecule has 0 bridgehead atoms. The Morgan fingerprint density at radius 1 is 1.25 bits per heavy atom. The van der Waals surface area contributed by atoms with E-state index in [0.29, 0.717) is 24.3 Å². The lowest BCUT2D eigenvalue weighted by atomic mass is 10.1. The van der Waals surface area contributed by atoms with Crippen molar-refractivity contribution in [2.45, 2.75) is 52.5 Å². The number of benzene rings is 1. The highest BCUT2D eigenvalue weighted by atomic mass is 16.5. The van der Waals surface area contributed by atoms with Gasteiger partial charge in [0, 0.05) is 30.8 Å². The smallest absolute Gasteiger partial charge is 0.305 e. The normalized spacial score (nSPS) is 14.6. The predicted molar refractivity (Wildman–Crippen MR) is 108 cm³/mol. The SMILES string of the molecule is COC(=O)CCc1c(C)nn(-c2ccc(C(=O)N(C)C(C)C3CC3)cc2)c1C. The van der Waals surface area contributed by atoms with Gasteiger partial charge in [-0.3, -0.25) is 9.59 Å². The third-order valence-electron chi connectivity index (χ3n) is 5.84. The van der Waals surface area contributed by atoms with Crippen molar-refractivity contribution in [3.8, 4) is 5.69 Å². The molecule has 1 heterocycles. The average Bonchev–Trinajstić information content (AvgIpc) is 3.51. The van der Waals surface area contributed by atoms with Gasteiger partial charge in [0.1, 0.15) is 0 Å². The van der Waals surface area contributed by atoms with E-state index in [0.717, 1.165) is 22.6 Å². The molecule has 0 saturated heterocycles. The average molecular weight is 383 g/mol. The molecule has 1 saturated carbocycles. The van der Waals surface area contributed by atoms with Gasteiger partial charge < -0.3 is 9.64 Å². The molecule has 1 aliphatic rings. The molecule has 1 atom stereocenters. The van der Waals surface area contributed by atoms with Crippen molar-refractivity contribution in [2.24, 2.45) is 5.92 Å². The molecule has 0 spiro atoms. The van der Waals surface area contributed by atoms with Crippen molar-refractivity contribution in [3.05, 3.63) is 46.8 Å². The van der Waals surface area contributed by atoms with Crippen molar-refractivity contribution in [1.82, 2.24) is 14.7 Å². The van der Waals surface area contributed by atoms with Gasteiger partial charge in [0.25, 0.3) is 5.91 Å². The van der Waals surface area contributed by atoms with Gasteiger partial charge in [-0.25, -0.2) is 4.68 Å². The topological polar surface area (TPSA) is 64.4 Å². The van der Waals surface area contributed by atoms with Crippen LogP contribution in [0.5, 0.6) is 0 Å². The van der Waals surface area contributed by atoms with Crippen LogP contribution in [0.1, 0.15) is 53.5 Å². The molecule has 1 unspecified atom stereocenters. The molecule has 2 aromatic rings. The van der Waals surface area contributed by atoms with Crippen molar-refractivity contribution >= 4 is 11.9 Å². The maximum atomic E-state index is 12.7. The highest BCUT2D eigenvalue weighted by molar-refractivity contribution is 5.94. The Morgan fingerprint density at radius 2 is 1.89 bits per heavy atom. The van der Waals surface area contributed by atoms with Crippen LogP contribution in [0.4, 0.5) is 0 Å². The fourth-order valence-electron chi connectivity index (χ4n) is 3.65. The van der Waals surface area contributed by atoms with Crippen LogP contribution in [0, 0.1) is 19.8 Å². The first-order chi connectivity index (χ1) is 13.3. The number of ether oxygens (including phenoxy) is 1. The standard InChI is InChI=1S/C22H29N3O3/c1-14-20(12-13-21(26)28-5)16(3)25(23-14)19-10-8-18(9-11-19)22(27)24(4)15(2)17-6-7-17/h8-11,15,17H,6-7,12-13H2,1-5H3. The van der Waals surface area contributed by atoms with Crippen LogP contribution in [0.3, 0.4) is 0 Å². The zero-order chi connectivity index (χ0) is 20.4. The van der Waals surface area contributed by atoms with E-state index in [4.69, 9.17) is 4.74 Å². The molecule has 0 aliphatic heterocycles. The number of rotatable bonds is 7. The van der Waals surface area contributed by atoms with Gasteiger partial charge in [-0.05, 0) is 75.8 Å². The van der Waals surface area contributed by atoms with Crippen molar-refractivity contribution in [1.29, 1.82) is 0 Å². The summed E-state index contributed by atoms with van der Waals surface area (Å²) in [7, 11) is 3.28. The van der Waals surface area contributed by atoms with E-state index in [1.807, 2.05) is 54.7 Å². The van der Waals surface area contributed by atoms with E-state index in [1.54, 1.807) is 0 Å². The number of hydrogen-bond acceptors (Lipinski definition) is 4. The summed E-state index contributed by atoms with van der Waals surface area (Å²) in [6.07, 6.45) is 3.37. The monoisotopic (exact) mass is 383 g/mol. The summed E-state index contributed by atoms with van der Waals surface area (Å²) >= 11 is 0. The third kappa shape index (κ3) is 4.11. The molecule has 150 valence electrons. The van der Waals surface area contributed by atoms with Crippen LogP contribution in [-0.2, 0) is 16.0 Å². The first-order valence-corrected chi connectivity index (χ1v) is 9.83. The summed E-state index contributed by atoms with van der Waals surface area (Å²) in [5.41, 5.74) is 4.55. The number of aryl methyl sites for hydroxylation is 1. The van der Waals surface area contributed by atoms with Crippen LogP contribution in [-0.4, -0.2) is 46.8 Å². The summed E-state index contributed by atoms with van der Waals surface area (Å²) in [5.74, 6) is 0.475. The number of amides is 1. The molecule has 1 amide bonds. The second-order valence-electron chi connectivity index (χ2n) is 7.68. The second-order valence-corrected chi connectivity index (χ2v) is 7.68. The fourth-order valence-corrected chi connectivity index (χ4v) is 3.65. The van der Waals surface area contributed by atoms with Gasteiger partial charge >= 0.3 is 5.97 Å². The largest absolute Gasteiger partial charge is 0.469 e. The maximum Gasteiger partial charge on any atom is 0.305 e. The predicted octanol–water partition coefficient (Wildman–Crippen LogP) is 3.47. The van der Waals surface area contributed by atoms with Gasteiger partial charge in [-0.2, -0.15) is 5.10 Å². The Morgan fingerprint density at radius 3 is 2.46 bits per heavy atom. The zero-order valence-electron chi connectivity index (χ0n) is 17.4. The molecule has 6 nitrogen and oxygen atoms in total. The number of aromatic nitrogens is 2. The quantitative estimate of drug-likeness (QED) is 0.687. The van der Waals surface area contributed by atoms with Crippen LogP contribution in [0.15, 0.2) is 24.3 Å². The summed E-state index contributed by atoms with van der Waals surface area (Å²) in [6, 6.07) is 7.84. The molecule has 3 rings (SSSR count). The molecule has 1 aromatic carbocycles. The van der Waals surface area contributed by atoms with E-state index in [-0.39, 0.29) is 17.9 Å². The van der Waals surface area contributed by atoms with Gasteiger partial charge in [-0.15, -0.1) is 0 Å². The van der Waals surface area contributed by atoms with E-state index in [1.165, 1.54) is 20.0 Å². The van der Waals surface area contributed by atoms with Gasteiger partial charge in [-0.1, -0.05) is 0 Å². The van der Waals surface area contributed by atoms with Crippen molar-refractivity contribution in [3.63, 3.8) is 0 Å². The lowest BCUT2D eigenvalue weighted by molar-refractivity contribution is -0.140. The summed E-state index contributed by atoms with van der Waals surface area (Å²) < 4.78 is 6.60. The molecule has 0 radical (unpaired) electrons. The maximum absolute atomic E-state index is 12.7. The Bertz CT molecular complexity index is 866. The number of nitrogens with zero attached hydrogens (tertiary/aromatic N) is 3. The molecular weight excluding hydrogens is 354 g/mol. The molecule has 6 heteroatoms. The van der Waals surface area contributed by atoms with Crippen LogP contribution >= 0.6 is 0 Å². The summed E-state index contributed by atoms with van der Waals surface area (Å²) in [5, 5.41) is 4.62. The highest BCUT2D eigenvalue weighted by Gasteiger charge is 2.32. The molecule has 28 heavy (non-hydrogen) atoms. The third-order valence-corrected chi connectivity index (χ3v) is 5.84. The Kier molecular flexibility index (Phi) is 5.87. The number of methoxy groups -OCH3 is 1. The zero-order valence-corrected chi connectivity index (χ0v) is 17.4. The Hall–Kier alpha value is -2.63. The number of carbonyl (C=O) groups is 2. The van der Waals surface area contributed by atoms with Crippen LogP contribution < -0.4 is 0 Å². The summed E-state index contributed by atoms with van der Waals surface area (Å²) in [4.78, 5) is 26.0. The minimum atomic E-state index is -0.223. The molecular formula is C22H29N3O3. The first kappa shape index (κ1) is 20.1. The molecule has 1 fully saturated rings. The number of esters is 1. The number of hydrogen-bond donors (Lipinski definition) is 0. The van der Waals surface area contributed by atoms with Gasteiger partial charge in [0.15, 0.2) is 0 Å². The lowest BCUT2D eigenvalue weighted by Gasteiger charge is -2.25. The molecule has 0 N–H and O–H groups in total.